The van der Waals surface area contributed by atoms with Crippen molar-refractivity contribution in [2.24, 2.45) is 0 Å². The molecule has 1 aromatic carbocycles. The maximum Gasteiger partial charge on any atom is 0.416 e. The van der Waals surface area contributed by atoms with E-state index in [1.165, 1.54) is 19.4 Å². The lowest BCUT2D eigenvalue weighted by atomic mass is 10.1. The van der Waals surface area contributed by atoms with Crippen LogP contribution >= 0.6 is 11.3 Å². The highest BCUT2D eigenvalue weighted by Gasteiger charge is 2.31. The van der Waals surface area contributed by atoms with E-state index in [9.17, 15) is 23.1 Å². The minimum Gasteiger partial charge on any atom is -0.505 e. The monoisotopic (exact) mass is 327 g/mol. The molecule has 0 fully saturated rings. The lowest BCUT2D eigenvalue weighted by molar-refractivity contribution is -0.137. The number of alkyl halides is 3. The fourth-order valence-electron chi connectivity index (χ4n) is 2.13. The molecule has 22 heavy (non-hydrogen) atoms. The van der Waals surface area contributed by atoms with Crippen molar-refractivity contribution in [2.45, 2.75) is 6.18 Å². The predicted molar refractivity (Wildman–Crippen MR) is 75.1 cm³/mol. The minimum atomic E-state index is -4.46. The molecule has 3 aromatic rings. The largest absolute Gasteiger partial charge is 0.505 e. The summed E-state index contributed by atoms with van der Waals surface area (Å²) in [6.07, 6.45) is -3.21. The fourth-order valence-corrected chi connectivity index (χ4v) is 3.25. The molecule has 0 aliphatic heterocycles. The molecule has 8 heteroatoms. The average Bonchev–Trinajstić information content (AvgIpc) is 2.82. The maximum atomic E-state index is 12.7. The minimum absolute atomic E-state index is 0.00769. The van der Waals surface area contributed by atoms with Gasteiger partial charge in [0.05, 0.1) is 23.6 Å². The van der Waals surface area contributed by atoms with E-state index in [4.69, 9.17) is 0 Å². The van der Waals surface area contributed by atoms with E-state index in [0.29, 0.717) is 15.5 Å². The summed E-state index contributed by atoms with van der Waals surface area (Å²) in [4.78, 5) is 15.5. The molecule has 2 aromatic heterocycles. The standard InChI is InChI=1S/C14H8F3NO3S/c1-21-13(20)12-10(19)8-5-18-9-4-6(14(15,16)17)2-3-7(9)11(8)22-12/h2-5,19H,1H3. The summed E-state index contributed by atoms with van der Waals surface area (Å²) in [5.41, 5.74) is -0.666. The van der Waals surface area contributed by atoms with Gasteiger partial charge in [0.2, 0.25) is 0 Å². The molecule has 0 saturated carbocycles. The highest BCUT2D eigenvalue weighted by molar-refractivity contribution is 7.22. The normalized spacial score (nSPS) is 12.0. The average molecular weight is 327 g/mol. The summed E-state index contributed by atoms with van der Waals surface area (Å²) in [5, 5.41) is 10.8. The van der Waals surface area contributed by atoms with E-state index < -0.39 is 17.7 Å². The van der Waals surface area contributed by atoms with Gasteiger partial charge in [-0.3, -0.25) is 4.98 Å². The Hall–Kier alpha value is -2.35. The Kier molecular flexibility index (Phi) is 3.21. The Morgan fingerprint density at radius 2 is 2.05 bits per heavy atom. The topological polar surface area (TPSA) is 59.4 Å². The number of esters is 1. The van der Waals surface area contributed by atoms with Crippen molar-refractivity contribution in [1.29, 1.82) is 0 Å². The third-order valence-electron chi connectivity index (χ3n) is 3.19. The number of aromatic hydroxyl groups is 1. The van der Waals surface area contributed by atoms with Gasteiger partial charge in [-0.1, -0.05) is 6.07 Å². The number of halogens is 3. The Morgan fingerprint density at radius 1 is 1.32 bits per heavy atom. The third-order valence-corrected chi connectivity index (χ3v) is 4.40. The molecular formula is C14H8F3NO3S. The molecule has 0 radical (unpaired) electrons. The van der Waals surface area contributed by atoms with Gasteiger partial charge in [0.15, 0.2) is 4.88 Å². The summed E-state index contributed by atoms with van der Waals surface area (Å²) in [5.74, 6) is -0.986. The lowest BCUT2D eigenvalue weighted by Gasteiger charge is -2.07. The number of nitrogens with zero attached hydrogens (tertiary/aromatic N) is 1. The van der Waals surface area contributed by atoms with Crippen LogP contribution in [0.4, 0.5) is 13.2 Å². The molecule has 3 rings (SSSR count). The van der Waals surface area contributed by atoms with Gasteiger partial charge in [-0.25, -0.2) is 4.79 Å². The van der Waals surface area contributed by atoms with Crippen LogP contribution in [0.1, 0.15) is 15.2 Å². The molecule has 0 atom stereocenters. The van der Waals surface area contributed by atoms with Crippen LogP contribution in [0.25, 0.3) is 21.0 Å². The number of methoxy groups -OCH3 is 1. The van der Waals surface area contributed by atoms with Crippen LogP contribution in [0, 0.1) is 0 Å². The van der Waals surface area contributed by atoms with Crippen molar-refractivity contribution in [2.75, 3.05) is 7.11 Å². The number of ether oxygens (including phenoxy) is 1. The SMILES string of the molecule is COC(=O)c1sc2c(cnc3cc(C(F)(F)F)ccc32)c1O. The third kappa shape index (κ3) is 2.16. The van der Waals surface area contributed by atoms with Crippen LogP contribution in [0.15, 0.2) is 24.4 Å². The first-order valence-corrected chi connectivity index (χ1v) is 6.84. The number of carbonyl (C=O) groups is 1. The Labute approximate surface area is 125 Å². The zero-order valence-corrected chi connectivity index (χ0v) is 11.9. The Morgan fingerprint density at radius 3 is 2.68 bits per heavy atom. The molecular weight excluding hydrogens is 319 g/mol. The van der Waals surface area contributed by atoms with Crippen molar-refractivity contribution < 1.29 is 27.8 Å². The van der Waals surface area contributed by atoms with Crippen LogP contribution in [0.3, 0.4) is 0 Å². The molecule has 0 amide bonds. The number of fused-ring (bicyclic) bond motifs is 3. The van der Waals surface area contributed by atoms with Crippen molar-refractivity contribution in [3.8, 4) is 5.75 Å². The number of benzene rings is 1. The Bertz CT molecular complexity index is 902. The number of hydrogen-bond acceptors (Lipinski definition) is 5. The van der Waals surface area contributed by atoms with Gasteiger partial charge in [0.1, 0.15) is 5.75 Å². The summed E-state index contributed by atoms with van der Waals surface area (Å²) >= 11 is 0.954. The summed E-state index contributed by atoms with van der Waals surface area (Å²) < 4.78 is 43.2. The molecule has 0 aliphatic carbocycles. The molecule has 1 N–H and O–H groups in total. The molecule has 0 saturated heterocycles. The van der Waals surface area contributed by atoms with Crippen molar-refractivity contribution in [3.05, 3.63) is 34.8 Å². The first-order valence-electron chi connectivity index (χ1n) is 6.02. The predicted octanol–water partition coefficient (Wildman–Crippen LogP) is 3.96. The molecule has 0 bridgehead atoms. The zero-order chi connectivity index (χ0) is 16.1. The molecule has 114 valence electrons. The van der Waals surface area contributed by atoms with E-state index in [1.807, 2.05) is 0 Å². The quantitative estimate of drug-likeness (QED) is 0.687. The second-order valence-corrected chi connectivity index (χ2v) is 5.52. The number of rotatable bonds is 1. The molecule has 0 unspecified atom stereocenters. The van der Waals surface area contributed by atoms with E-state index in [1.54, 1.807) is 0 Å². The Balaban J connectivity index is 2.30. The highest BCUT2D eigenvalue weighted by Crippen LogP contribution is 2.41. The van der Waals surface area contributed by atoms with Crippen molar-refractivity contribution in [1.82, 2.24) is 4.98 Å². The highest BCUT2D eigenvalue weighted by atomic mass is 32.1. The molecule has 0 spiro atoms. The van der Waals surface area contributed by atoms with E-state index >= 15 is 0 Å². The number of thiophene rings is 1. The van der Waals surface area contributed by atoms with E-state index in [-0.39, 0.29) is 16.1 Å². The summed E-state index contributed by atoms with van der Waals surface area (Å²) in [6, 6.07) is 3.16. The molecule has 2 heterocycles. The van der Waals surface area contributed by atoms with E-state index in [2.05, 4.69) is 9.72 Å². The second-order valence-electron chi connectivity index (χ2n) is 4.50. The number of pyridine rings is 1. The number of hydrogen-bond donors (Lipinski definition) is 1. The lowest BCUT2D eigenvalue weighted by Crippen LogP contribution is -2.04. The first-order chi connectivity index (χ1) is 10.3. The number of aromatic nitrogens is 1. The van der Waals surface area contributed by atoms with Gasteiger partial charge >= 0.3 is 12.1 Å². The van der Waals surface area contributed by atoms with Gasteiger partial charge in [-0.2, -0.15) is 13.2 Å². The second kappa shape index (κ2) is 4.84. The van der Waals surface area contributed by atoms with Crippen LogP contribution < -0.4 is 0 Å². The van der Waals surface area contributed by atoms with Gasteiger partial charge in [0, 0.05) is 16.3 Å². The molecule has 0 aliphatic rings. The van der Waals surface area contributed by atoms with Crippen LogP contribution in [-0.2, 0) is 10.9 Å². The van der Waals surface area contributed by atoms with Crippen LogP contribution in [-0.4, -0.2) is 23.2 Å². The van der Waals surface area contributed by atoms with Crippen molar-refractivity contribution in [3.63, 3.8) is 0 Å². The molecule has 4 nitrogen and oxygen atoms in total. The van der Waals surface area contributed by atoms with Gasteiger partial charge in [0.25, 0.3) is 0 Å². The van der Waals surface area contributed by atoms with Crippen LogP contribution in [0.5, 0.6) is 5.75 Å². The fraction of sp³-hybridized carbons (Fsp3) is 0.143. The number of carbonyl (C=O) groups excluding carboxylic acids is 1. The van der Waals surface area contributed by atoms with Gasteiger partial charge < -0.3 is 9.84 Å². The van der Waals surface area contributed by atoms with Crippen LogP contribution in [0.2, 0.25) is 0 Å². The smallest absolute Gasteiger partial charge is 0.416 e. The first kappa shape index (κ1) is 14.6. The van der Waals surface area contributed by atoms with Gasteiger partial charge in [-0.15, -0.1) is 11.3 Å². The van der Waals surface area contributed by atoms with E-state index in [0.717, 1.165) is 23.5 Å². The zero-order valence-electron chi connectivity index (χ0n) is 11.1. The maximum absolute atomic E-state index is 12.7. The van der Waals surface area contributed by atoms with Gasteiger partial charge in [-0.05, 0) is 12.1 Å². The summed E-state index contributed by atoms with van der Waals surface area (Å²) in [6.45, 7) is 0. The van der Waals surface area contributed by atoms with Crippen molar-refractivity contribution >= 4 is 38.3 Å². The summed E-state index contributed by atoms with van der Waals surface area (Å²) in [7, 11) is 1.18.